The molecule has 0 aliphatic heterocycles. The van der Waals surface area contributed by atoms with Gasteiger partial charge in [-0.1, -0.05) is 59.8 Å². The van der Waals surface area contributed by atoms with Crippen LogP contribution in [0.5, 0.6) is 0 Å². The molecule has 0 radical (unpaired) electrons. The van der Waals surface area contributed by atoms with Crippen LogP contribution in [0.2, 0.25) is 0 Å². The van der Waals surface area contributed by atoms with Gasteiger partial charge in [0, 0.05) is 17.2 Å². The first-order valence-electron chi connectivity index (χ1n) is 10.8. The molecule has 0 saturated heterocycles. The van der Waals surface area contributed by atoms with Crippen LogP contribution in [0.15, 0.2) is 71.3 Å². The minimum Gasteiger partial charge on any atom is -0.480 e. The fourth-order valence-corrected chi connectivity index (χ4v) is 3.76. The van der Waals surface area contributed by atoms with Gasteiger partial charge >= 0.3 is 12.1 Å². The van der Waals surface area contributed by atoms with Crippen molar-refractivity contribution < 1.29 is 27.6 Å². The van der Waals surface area contributed by atoms with E-state index in [1.54, 1.807) is 55.5 Å². The highest BCUT2D eigenvalue weighted by molar-refractivity contribution is 5.74. The van der Waals surface area contributed by atoms with Gasteiger partial charge in [0.2, 0.25) is 5.82 Å². The first-order chi connectivity index (χ1) is 16.6. The van der Waals surface area contributed by atoms with E-state index in [9.17, 15) is 18.0 Å². The van der Waals surface area contributed by atoms with Crippen molar-refractivity contribution in [1.29, 1.82) is 0 Å². The maximum absolute atomic E-state index is 13.9. The SMILES string of the molecule is Cc1ccccc1-c1ccc(-c2nc(-c3ccc([C@@H](C)NCC(=O)O)cc3)no2)cc1C(F)(F)F. The molecule has 0 aliphatic carbocycles. The molecule has 1 atom stereocenters. The Labute approximate surface area is 199 Å². The van der Waals surface area contributed by atoms with Crippen molar-refractivity contribution in [2.24, 2.45) is 0 Å². The fourth-order valence-electron chi connectivity index (χ4n) is 3.76. The summed E-state index contributed by atoms with van der Waals surface area (Å²) < 4.78 is 47.1. The van der Waals surface area contributed by atoms with Crippen LogP contribution in [0.4, 0.5) is 13.2 Å². The highest BCUT2D eigenvalue weighted by atomic mass is 19.4. The molecule has 1 heterocycles. The lowest BCUT2D eigenvalue weighted by atomic mass is 9.94. The summed E-state index contributed by atoms with van der Waals surface area (Å²) in [5.41, 5.74) is 2.18. The lowest BCUT2D eigenvalue weighted by molar-refractivity contribution is -0.137. The van der Waals surface area contributed by atoms with E-state index in [0.29, 0.717) is 11.1 Å². The standard InChI is InChI=1S/C26H22F3N3O3/c1-15-5-3-4-6-20(15)21-12-11-19(13-22(21)26(27,28)29)25-31-24(32-35-25)18-9-7-17(8-10-18)16(2)30-14-23(33)34/h3-13,16,30H,14H2,1-2H3,(H,33,34)/t16-/m1/s1. The number of carbonyl (C=O) groups is 1. The molecule has 2 N–H and O–H groups in total. The maximum atomic E-state index is 13.9. The normalized spacial score (nSPS) is 12.5. The molecular weight excluding hydrogens is 459 g/mol. The topological polar surface area (TPSA) is 88.2 Å². The third-order valence-corrected chi connectivity index (χ3v) is 5.66. The Morgan fingerprint density at radius 2 is 1.71 bits per heavy atom. The third-order valence-electron chi connectivity index (χ3n) is 5.66. The van der Waals surface area contributed by atoms with Crippen LogP contribution in [0, 0.1) is 6.92 Å². The van der Waals surface area contributed by atoms with E-state index < -0.39 is 17.7 Å². The van der Waals surface area contributed by atoms with Gasteiger partial charge in [-0.2, -0.15) is 18.2 Å². The molecule has 0 fully saturated rings. The van der Waals surface area contributed by atoms with Crippen molar-refractivity contribution in [3.8, 4) is 34.0 Å². The molecular formula is C26H22F3N3O3. The molecule has 0 unspecified atom stereocenters. The molecule has 0 spiro atoms. The monoisotopic (exact) mass is 481 g/mol. The summed E-state index contributed by atoms with van der Waals surface area (Å²) in [6, 6.07) is 17.8. The van der Waals surface area contributed by atoms with Crippen LogP contribution in [-0.4, -0.2) is 27.8 Å². The summed E-state index contributed by atoms with van der Waals surface area (Å²) in [5, 5.41) is 15.6. The van der Waals surface area contributed by atoms with Crippen LogP contribution < -0.4 is 5.32 Å². The highest BCUT2D eigenvalue weighted by Crippen LogP contribution is 2.40. The van der Waals surface area contributed by atoms with Crippen molar-refractivity contribution in [2.45, 2.75) is 26.1 Å². The number of alkyl halides is 3. The maximum Gasteiger partial charge on any atom is 0.417 e. The smallest absolute Gasteiger partial charge is 0.417 e. The first kappa shape index (κ1) is 24.2. The molecule has 3 aromatic carbocycles. The lowest BCUT2D eigenvalue weighted by Crippen LogP contribution is -2.25. The predicted molar refractivity (Wildman–Crippen MR) is 124 cm³/mol. The molecule has 4 aromatic rings. The minimum absolute atomic E-state index is 0.0256. The second-order valence-electron chi connectivity index (χ2n) is 8.11. The molecule has 0 bridgehead atoms. The molecule has 6 nitrogen and oxygen atoms in total. The molecule has 4 rings (SSSR count). The number of nitrogens with zero attached hydrogens (tertiary/aromatic N) is 2. The molecule has 0 saturated carbocycles. The van der Waals surface area contributed by atoms with E-state index >= 15 is 0 Å². The molecule has 1 aromatic heterocycles. The summed E-state index contributed by atoms with van der Waals surface area (Å²) in [5.74, 6) is -0.745. The molecule has 9 heteroatoms. The van der Waals surface area contributed by atoms with E-state index in [-0.39, 0.29) is 35.4 Å². The molecule has 180 valence electrons. The second kappa shape index (κ2) is 9.71. The van der Waals surface area contributed by atoms with Crippen molar-refractivity contribution in [1.82, 2.24) is 15.5 Å². The van der Waals surface area contributed by atoms with E-state index in [2.05, 4.69) is 15.5 Å². The largest absolute Gasteiger partial charge is 0.480 e. The number of hydrogen-bond acceptors (Lipinski definition) is 5. The van der Waals surface area contributed by atoms with Crippen LogP contribution in [0.3, 0.4) is 0 Å². The van der Waals surface area contributed by atoms with Crippen LogP contribution in [0.25, 0.3) is 34.0 Å². The van der Waals surface area contributed by atoms with Crippen LogP contribution in [0.1, 0.15) is 29.7 Å². The van der Waals surface area contributed by atoms with Crippen molar-refractivity contribution in [3.05, 3.63) is 83.4 Å². The average molecular weight is 481 g/mol. The summed E-state index contributed by atoms with van der Waals surface area (Å²) in [7, 11) is 0. The average Bonchev–Trinajstić information content (AvgIpc) is 3.32. The van der Waals surface area contributed by atoms with Gasteiger partial charge in [-0.05, 0) is 48.2 Å². The van der Waals surface area contributed by atoms with Crippen LogP contribution in [-0.2, 0) is 11.0 Å². The molecule has 35 heavy (non-hydrogen) atoms. The van der Waals surface area contributed by atoms with Gasteiger partial charge in [0.15, 0.2) is 0 Å². The number of aliphatic carboxylic acids is 1. The number of rotatable bonds is 7. The van der Waals surface area contributed by atoms with Gasteiger partial charge in [0.1, 0.15) is 0 Å². The summed E-state index contributed by atoms with van der Waals surface area (Å²) in [6.45, 7) is 3.44. The van der Waals surface area contributed by atoms with Gasteiger partial charge in [0.25, 0.3) is 5.89 Å². The Morgan fingerprint density at radius 1 is 1.03 bits per heavy atom. The molecule has 0 amide bonds. The number of aromatic nitrogens is 2. The Hall–Kier alpha value is -3.98. The summed E-state index contributed by atoms with van der Waals surface area (Å²) in [6.07, 6.45) is -4.57. The Bertz CT molecular complexity index is 1350. The number of carboxylic acid groups (broad SMARTS) is 1. The number of benzene rings is 3. The van der Waals surface area contributed by atoms with E-state index in [4.69, 9.17) is 9.63 Å². The van der Waals surface area contributed by atoms with E-state index in [1.165, 1.54) is 12.1 Å². The predicted octanol–water partition coefficient (Wildman–Crippen LogP) is 6.13. The zero-order valence-corrected chi connectivity index (χ0v) is 18.9. The number of halogens is 3. The van der Waals surface area contributed by atoms with Gasteiger partial charge in [-0.3, -0.25) is 4.79 Å². The van der Waals surface area contributed by atoms with Gasteiger partial charge < -0.3 is 14.9 Å². The number of nitrogens with one attached hydrogen (secondary N) is 1. The number of hydrogen-bond donors (Lipinski definition) is 2. The Morgan fingerprint density at radius 3 is 2.37 bits per heavy atom. The number of carboxylic acids is 1. The Kier molecular flexibility index (Phi) is 6.70. The zero-order valence-electron chi connectivity index (χ0n) is 18.9. The minimum atomic E-state index is -4.57. The summed E-state index contributed by atoms with van der Waals surface area (Å²) >= 11 is 0. The summed E-state index contributed by atoms with van der Waals surface area (Å²) in [4.78, 5) is 15.0. The molecule has 0 aliphatic rings. The van der Waals surface area contributed by atoms with Crippen molar-refractivity contribution >= 4 is 5.97 Å². The Balaban J connectivity index is 1.62. The van der Waals surface area contributed by atoms with Crippen LogP contribution >= 0.6 is 0 Å². The number of aryl methyl sites for hydroxylation is 1. The highest BCUT2D eigenvalue weighted by Gasteiger charge is 2.34. The van der Waals surface area contributed by atoms with Gasteiger partial charge in [-0.25, -0.2) is 0 Å². The zero-order chi connectivity index (χ0) is 25.2. The first-order valence-corrected chi connectivity index (χ1v) is 10.8. The van der Waals surface area contributed by atoms with Gasteiger partial charge in [-0.15, -0.1) is 0 Å². The second-order valence-corrected chi connectivity index (χ2v) is 8.11. The van der Waals surface area contributed by atoms with E-state index in [1.807, 2.05) is 6.92 Å². The van der Waals surface area contributed by atoms with Crippen molar-refractivity contribution in [2.75, 3.05) is 6.54 Å². The van der Waals surface area contributed by atoms with E-state index in [0.717, 1.165) is 17.2 Å². The quantitative estimate of drug-likeness (QED) is 0.330. The van der Waals surface area contributed by atoms with Crippen molar-refractivity contribution in [3.63, 3.8) is 0 Å². The fraction of sp³-hybridized carbons (Fsp3) is 0.192. The third kappa shape index (κ3) is 5.41. The lowest BCUT2D eigenvalue weighted by Gasteiger charge is -2.15. The van der Waals surface area contributed by atoms with Gasteiger partial charge in [0.05, 0.1) is 12.1 Å².